The van der Waals surface area contributed by atoms with E-state index in [2.05, 4.69) is 38.5 Å². The lowest BCUT2D eigenvalue weighted by molar-refractivity contribution is -0.134. The quantitative estimate of drug-likeness (QED) is 0.486. The van der Waals surface area contributed by atoms with Crippen LogP contribution in [0.5, 0.6) is 0 Å². The number of para-hydroxylation sites is 1. The van der Waals surface area contributed by atoms with Crippen LogP contribution >= 0.6 is 22.6 Å². The van der Waals surface area contributed by atoms with E-state index in [1.165, 1.54) is 0 Å². The van der Waals surface area contributed by atoms with E-state index < -0.39 is 23.8 Å². The van der Waals surface area contributed by atoms with Crippen molar-refractivity contribution in [3.8, 4) is 0 Å². The van der Waals surface area contributed by atoms with Crippen LogP contribution in [0.1, 0.15) is 23.6 Å². The Balaban J connectivity index is 1.88. The molecule has 0 radical (unpaired) electrons. The van der Waals surface area contributed by atoms with Crippen molar-refractivity contribution in [1.82, 2.24) is 5.32 Å². The Morgan fingerprint density at radius 3 is 2.64 bits per heavy atom. The average Bonchev–Trinajstić information content (AvgIpc) is 2.65. The third-order valence-corrected chi connectivity index (χ3v) is 4.74. The lowest BCUT2D eigenvalue weighted by Crippen LogP contribution is -2.34. The topological polar surface area (TPSA) is 87.3 Å². The molecule has 25 heavy (non-hydrogen) atoms. The Hall–Kier alpha value is -2.42. The number of benzene rings is 2. The number of hydrogen-bond donors (Lipinski definition) is 3. The molecule has 1 aliphatic heterocycles. The van der Waals surface area contributed by atoms with E-state index in [1.54, 1.807) is 18.2 Å². The summed E-state index contributed by atoms with van der Waals surface area (Å²) in [6.07, 6.45) is -0.0832. The molecule has 3 rings (SSSR count). The number of ketones is 1. The summed E-state index contributed by atoms with van der Waals surface area (Å²) in [7, 11) is 0. The van der Waals surface area contributed by atoms with E-state index in [0.29, 0.717) is 11.4 Å². The van der Waals surface area contributed by atoms with Gasteiger partial charge in [0.15, 0.2) is 0 Å². The smallest absolute Gasteiger partial charge is 0.319 e. The molecule has 0 spiro atoms. The summed E-state index contributed by atoms with van der Waals surface area (Å²) >= 11 is 2.15. The van der Waals surface area contributed by atoms with Gasteiger partial charge in [-0.1, -0.05) is 18.2 Å². The minimum absolute atomic E-state index is 0.0832. The third kappa shape index (κ3) is 3.98. The summed E-state index contributed by atoms with van der Waals surface area (Å²) in [5.41, 5.74) is 2.91. The number of hydrogen-bond acceptors (Lipinski definition) is 3. The number of carbonyl (C=O) groups is 3. The van der Waals surface area contributed by atoms with Crippen molar-refractivity contribution in [3.63, 3.8) is 0 Å². The second-order valence-corrected chi connectivity index (χ2v) is 6.97. The number of aryl methyl sites for hydroxylation is 1. The van der Waals surface area contributed by atoms with Gasteiger partial charge in [0.25, 0.3) is 5.91 Å². The highest BCUT2D eigenvalue weighted by atomic mass is 127. The summed E-state index contributed by atoms with van der Waals surface area (Å²) in [6, 6.07) is 11.8. The van der Waals surface area contributed by atoms with Crippen molar-refractivity contribution < 1.29 is 14.4 Å². The minimum atomic E-state index is -0.657. The second kappa shape index (κ2) is 7.22. The first-order chi connectivity index (χ1) is 11.9. The largest absolute Gasteiger partial charge is 0.330 e. The predicted molar refractivity (Wildman–Crippen MR) is 103 cm³/mol. The van der Waals surface area contributed by atoms with Gasteiger partial charge in [-0.3, -0.25) is 9.59 Å². The van der Waals surface area contributed by atoms with Gasteiger partial charge in [0.2, 0.25) is 5.78 Å². The summed E-state index contributed by atoms with van der Waals surface area (Å²) in [5.74, 6) is -1.22. The van der Waals surface area contributed by atoms with Crippen LogP contribution in [0.3, 0.4) is 0 Å². The van der Waals surface area contributed by atoms with Crippen LogP contribution in [-0.2, 0) is 9.59 Å². The summed E-state index contributed by atoms with van der Waals surface area (Å²) in [4.78, 5) is 36.3. The fraction of sp³-hybridized carbons (Fsp3) is 0.167. The molecule has 0 aromatic heterocycles. The van der Waals surface area contributed by atoms with Crippen molar-refractivity contribution in [2.24, 2.45) is 0 Å². The van der Waals surface area contributed by atoms with Gasteiger partial charge in [0.05, 0.1) is 6.04 Å². The predicted octanol–water partition coefficient (Wildman–Crippen LogP) is 3.37. The highest BCUT2D eigenvalue weighted by molar-refractivity contribution is 14.1. The molecule has 6 nitrogen and oxygen atoms in total. The number of halogens is 1. The highest BCUT2D eigenvalue weighted by Crippen LogP contribution is 2.34. The zero-order valence-electron chi connectivity index (χ0n) is 13.4. The normalized spacial score (nSPS) is 16.5. The van der Waals surface area contributed by atoms with Crippen molar-refractivity contribution in [1.29, 1.82) is 0 Å². The maximum absolute atomic E-state index is 12.3. The Kier molecular flexibility index (Phi) is 5.03. The van der Waals surface area contributed by atoms with Crippen molar-refractivity contribution in [2.75, 3.05) is 10.6 Å². The lowest BCUT2D eigenvalue weighted by Gasteiger charge is -2.20. The van der Waals surface area contributed by atoms with Crippen LogP contribution in [0, 0.1) is 10.5 Å². The average molecular weight is 449 g/mol. The molecule has 0 fully saturated rings. The van der Waals surface area contributed by atoms with Crippen molar-refractivity contribution in [2.45, 2.75) is 19.4 Å². The summed E-state index contributed by atoms with van der Waals surface area (Å²) in [6.45, 7) is 1.91. The molecule has 1 aliphatic rings. The number of rotatable bonds is 2. The fourth-order valence-corrected chi connectivity index (χ4v) is 3.91. The van der Waals surface area contributed by atoms with Crippen LogP contribution in [0.25, 0.3) is 0 Å². The third-order valence-electron chi connectivity index (χ3n) is 3.85. The van der Waals surface area contributed by atoms with E-state index in [-0.39, 0.29) is 6.42 Å². The van der Waals surface area contributed by atoms with Gasteiger partial charge in [0, 0.05) is 26.9 Å². The van der Waals surface area contributed by atoms with Crippen LogP contribution in [0.4, 0.5) is 16.2 Å². The zero-order valence-corrected chi connectivity index (χ0v) is 15.6. The van der Waals surface area contributed by atoms with E-state index >= 15 is 0 Å². The Bertz CT molecular complexity index is 852. The van der Waals surface area contributed by atoms with Crippen molar-refractivity contribution >= 4 is 51.7 Å². The molecular weight excluding hydrogens is 433 g/mol. The van der Waals surface area contributed by atoms with E-state index in [9.17, 15) is 14.4 Å². The number of amides is 3. The van der Waals surface area contributed by atoms with Gasteiger partial charge in [-0.15, -0.1) is 0 Å². The molecule has 3 amide bonds. The standard InChI is InChI=1S/C18H16IN3O3/c1-10-7-12(19)16-13(8-10)21-17(24)15(23)9-14(16)22-18(25)20-11-5-3-2-4-6-11/h2-8,14H,9H2,1H3,(H,21,24)(H2,20,22,25). The summed E-state index contributed by atoms with van der Waals surface area (Å²) in [5, 5.41) is 8.18. The van der Waals surface area contributed by atoms with E-state index in [0.717, 1.165) is 14.7 Å². The van der Waals surface area contributed by atoms with Gasteiger partial charge in [-0.2, -0.15) is 0 Å². The number of anilines is 2. The number of carbonyl (C=O) groups excluding carboxylic acids is 3. The van der Waals surface area contributed by atoms with Crippen LogP contribution in [0.15, 0.2) is 42.5 Å². The highest BCUT2D eigenvalue weighted by Gasteiger charge is 2.31. The lowest BCUT2D eigenvalue weighted by atomic mass is 10.00. The van der Waals surface area contributed by atoms with Crippen LogP contribution < -0.4 is 16.0 Å². The number of urea groups is 1. The zero-order chi connectivity index (χ0) is 18.0. The maximum atomic E-state index is 12.3. The molecule has 0 saturated carbocycles. The summed E-state index contributed by atoms with van der Waals surface area (Å²) < 4.78 is 0.882. The molecular formula is C18H16IN3O3. The molecule has 2 aromatic rings. The minimum Gasteiger partial charge on any atom is -0.330 e. The monoisotopic (exact) mass is 449 g/mol. The first-order valence-electron chi connectivity index (χ1n) is 7.71. The molecule has 1 unspecified atom stereocenters. The fourth-order valence-electron chi connectivity index (χ4n) is 2.75. The molecule has 1 atom stereocenters. The number of Topliss-reactive ketones (excluding diaryl/α,β-unsaturated/α-hetero) is 1. The molecule has 3 N–H and O–H groups in total. The van der Waals surface area contributed by atoms with E-state index in [1.807, 2.05) is 31.2 Å². The number of nitrogens with one attached hydrogen (secondary N) is 3. The van der Waals surface area contributed by atoms with Gasteiger partial charge < -0.3 is 16.0 Å². The molecule has 128 valence electrons. The number of fused-ring (bicyclic) bond motifs is 1. The Morgan fingerprint density at radius 1 is 1.20 bits per heavy atom. The van der Waals surface area contributed by atoms with Crippen LogP contribution in [0.2, 0.25) is 0 Å². The molecule has 1 heterocycles. The van der Waals surface area contributed by atoms with Gasteiger partial charge in [-0.05, 0) is 59.3 Å². The maximum Gasteiger partial charge on any atom is 0.319 e. The molecule has 0 aliphatic carbocycles. The first-order valence-corrected chi connectivity index (χ1v) is 8.78. The van der Waals surface area contributed by atoms with E-state index in [4.69, 9.17) is 0 Å². The first kappa shape index (κ1) is 17.4. The SMILES string of the molecule is Cc1cc(I)c2c(c1)NC(=O)C(=O)CC2NC(=O)Nc1ccccc1. The van der Waals surface area contributed by atoms with Gasteiger partial charge >= 0.3 is 6.03 Å². The molecule has 7 heteroatoms. The van der Waals surface area contributed by atoms with Gasteiger partial charge in [0.1, 0.15) is 0 Å². The van der Waals surface area contributed by atoms with Crippen LogP contribution in [-0.4, -0.2) is 17.7 Å². The molecule has 2 aromatic carbocycles. The Morgan fingerprint density at radius 2 is 1.92 bits per heavy atom. The van der Waals surface area contributed by atoms with Gasteiger partial charge in [-0.25, -0.2) is 4.79 Å². The second-order valence-electron chi connectivity index (χ2n) is 5.81. The molecule has 0 bridgehead atoms. The Labute approximate surface area is 158 Å². The van der Waals surface area contributed by atoms with Crippen molar-refractivity contribution in [3.05, 3.63) is 57.2 Å². The molecule has 0 saturated heterocycles.